The van der Waals surface area contributed by atoms with Crippen LogP contribution in [0.15, 0.2) is 47.6 Å². The zero-order valence-corrected chi connectivity index (χ0v) is 49.9. The van der Waals surface area contributed by atoms with E-state index in [9.17, 15) is 39.6 Å². The van der Waals surface area contributed by atoms with Gasteiger partial charge >= 0.3 is 12.1 Å². The van der Waals surface area contributed by atoms with Crippen LogP contribution in [0.25, 0.3) is 0 Å². The van der Waals surface area contributed by atoms with Crippen LogP contribution in [0.1, 0.15) is 119 Å². The highest BCUT2D eigenvalue weighted by Gasteiger charge is 2.48. The van der Waals surface area contributed by atoms with Crippen molar-refractivity contribution in [2.45, 2.75) is 185 Å². The number of fused-ring (bicyclic) bond motifs is 3. The van der Waals surface area contributed by atoms with Gasteiger partial charge in [-0.2, -0.15) is 0 Å². The van der Waals surface area contributed by atoms with E-state index in [2.05, 4.69) is 5.32 Å². The number of alkyl carbamates (subject to hydrolysis) is 1. The Hall–Kier alpha value is -3.52. The first-order chi connectivity index (χ1) is 38.7. The van der Waals surface area contributed by atoms with E-state index in [4.69, 9.17) is 53.1 Å². The minimum Gasteiger partial charge on any atom is -0.459 e. The van der Waals surface area contributed by atoms with E-state index in [0.717, 1.165) is 18.4 Å². The number of ketones is 2. The fraction of sp³-hybridized carbons (Fsp3) is 0.800. The largest absolute Gasteiger partial charge is 0.459 e. The molecule has 0 aromatic carbocycles. The zero-order chi connectivity index (χ0) is 59.5. The molecule has 1 saturated carbocycles. The van der Waals surface area contributed by atoms with E-state index < -0.39 is 109 Å². The number of piperidine rings is 1. The van der Waals surface area contributed by atoms with Crippen molar-refractivity contribution in [1.29, 1.82) is 0 Å². The first-order valence-corrected chi connectivity index (χ1v) is 29.4. The van der Waals surface area contributed by atoms with Crippen LogP contribution in [0.4, 0.5) is 4.79 Å². The quantitative estimate of drug-likeness (QED) is 0.0605. The summed E-state index contributed by atoms with van der Waals surface area (Å²) in [5, 5.41) is 48.8. The highest BCUT2D eigenvalue weighted by molar-refractivity contribution is 5.87. The summed E-state index contributed by atoms with van der Waals surface area (Å²) in [7, 11) is 4.77. The molecule has 1 aliphatic carbocycles. The van der Waals surface area contributed by atoms with Crippen LogP contribution in [0.2, 0.25) is 0 Å². The van der Waals surface area contributed by atoms with E-state index >= 15 is 0 Å². The van der Waals surface area contributed by atoms with Crippen LogP contribution in [0, 0.1) is 29.6 Å². The Kier molecular flexibility index (Phi) is 32.0. The van der Waals surface area contributed by atoms with Crippen LogP contribution in [-0.4, -0.2) is 210 Å². The summed E-state index contributed by atoms with van der Waals surface area (Å²) >= 11 is 0. The maximum Gasteiger partial charge on any atom is 0.407 e. The standard InChI is InChI=1S/C60H101N3O18/c1-39-15-11-10-12-16-40(2)51(73-8)35-46-20-18-44(6)60(71,81-46)54(65)37-78-38-63-23-14-13-17-48(63)58(69)79-52(36-49(64)41(3)32-43(5)56(67)57(68)55(66)42(4)31-39)47(61)33-45-19-21-50(53(34-45)74-9)80-59(70)62-22-24-75-27-28-77-30-29-76-26-25-72-7/h10-12,15-16,32,39,41-42,44-53,56-57,64,67-68,71H,13-14,17-31,33-38,61H2,1-9H3,(H,62,70)/b12-10+,15-11+,40-16+,43-32+/t39-,41-,42-,44-,45+,46+,47-,48+,49-,50-,51+,52+,53-,56-,57+,60-/m1/s1. The van der Waals surface area contributed by atoms with Crippen molar-refractivity contribution in [2.75, 3.05) is 94.0 Å². The molecule has 81 heavy (non-hydrogen) atoms. The smallest absolute Gasteiger partial charge is 0.407 e. The van der Waals surface area contributed by atoms with Crippen molar-refractivity contribution in [2.24, 2.45) is 35.3 Å². The number of esters is 1. The highest BCUT2D eigenvalue weighted by Crippen LogP contribution is 2.37. The zero-order valence-electron chi connectivity index (χ0n) is 49.9. The third-order valence-electron chi connectivity index (χ3n) is 16.3. The molecule has 4 aliphatic rings. The van der Waals surface area contributed by atoms with Crippen LogP contribution in [0.5, 0.6) is 0 Å². The Labute approximate surface area is 481 Å². The van der Waals surface area contributed by atoms with Crippen molar-refractivity contribution in [3.05, 3.63) is 47.6 Å². The monoisotopic (exact) mass is 1150 g/mol. The molecule has 1 amide bonds. The number of aliphatic hydroxyl groups is 4. The van der Waals surface area contributed by atoms with Gasteiger partial charge in [0.15, 0.2) is 5.78 Å². The number of hydrogen-bond acceptors (Lipinski definition) is 20. The second-order valence-electron chi connectivity index (χ2n) is 22.8. The van der Waals surface area contributed by atoms with Gasteiger partial charge in [-0.15, -0.1) is 0 Å². The Morgan fingerprint density at radius 1 is 0.802 bits per heavy atom. The minimum atomic E-state index is -2.09. The lowest BCUT2D eigenvalue weighted by Gasteiger charge is -2.41. The maximum absolute atomic E-state index is 14.4. The number of methoxy groups -OCH3 is 3. The SMILES string of the molecule is COCCOCCOCCOCCNC(=O)O[C@@H]1CC[C@@H](C[C@@H](N)[C@@H]2C[C@@H](O)[C@H](C)/C=C(\C)[C@@H](O)[C@@H](O)C(=O)[C@H](C)C[C@H](C)/C=C/C=C/C=C(\C)[C@@H](OC)C[C@@H]3CC[C@@H](C)[C@@](O)(O3)C(=O)COCN3CCCC[C@H]3C(=O)O2)C[C@H]1OC. The van der Waals surface area contributed by atoms with E-state index in [1.807, 2.05) is 44.2 Å². The first-order valence-electron chi connectivity index (χ1n) is 29.4. The average molecular weight is 1150 g/mol. The molecule has 16 atom stereocenters. The third kappa shape index (κ3) is 23.5. The number of nitrogens with one attached hydrogen (secondary N) is 1. The second kappa shape index (κ2) is 37.0. The third-order valence-corrected chi connectivity index (χ3v) is 16.3. The summed E-state index contributed by atoms with van der Waals surface area (Å²) in [6.07, 6.45) is 9.10. The summed E-state index contributed by atoms with van der Waals surface area (Å²) in [6.45, 7) is 13.8. The van der Waals surface area contributed by atoms with E-state index in [1.165, 1.54) is 0 Å². The fourth-order valence-corrected chi connectivity index (χ4v) is 11.1. The van der Waals surface area contributed by atoms with Gasteiger partial charge in [-0.25, -0.2) is 4.79 Å². The molecule has 21 nitrogen and oxygen atoms in total. The summed E-state index contributed by atoms with van der Waals surface area (Å²) in [5.74, 6) is -5.60. The molecule has 0 aromatic heterocycles. The topological polar surface area (TPSA) is 283 Å². The van der Waals surface area contributed by atoms with E-state index in [0.29, 0.717) is 104 Å². The van der Waals surface area contributed by atoms with Gasteiger partial charge in [-0.1, -0.05) is 70.6 Å². The first kappa shape index (κ1) is 70.0. The van der Waals surface area contributed by atoms with Crippen LogP contribution in [0.3, 0.4) is 0 Å². The Morgan fingerprint density at radius 3 is 2.20 bits per heavy atom. The molecule has 0 spiro atoms. The van der Waals surface area contributed by atoms with Gasteiger partial charge in [-0.05, 0) is 94.6 Å². The normalized spacial score (nSPS) is 36.0. The van der Waals surface area contributed by atoms with Gasteiger partial charge in [-0.3, -0.25) is 19.3 Å². The number of hydrogen-bond donors (Lipinski definition) is 6. The van der Waals surface area contributed by atoms with Gasteiger partial charge in [0, 0.05) is 71.1 Å². The summed E-state index contributed by atoms with van der Waals surface area (Å²) in [6, 6.07) is -1.54. The molecule has 2 bridgehead atoms. The van der Waals surface area contributed by atoms with Crippen molar-refractivity contribution in [3.63, 3.8) is 0 Å². The molecule has 0 unspecified atom stereocenters. The number of ether oxygens (including phenoxy) is 10. The molecule has 0 aromatic rings. The molecule has 3 aliphatic heterocycles. The molecular weight excluding hydrogens is 1050 g/mol. The number of rotatable bonds is 18. The van der Waals surface area contributed by atoms with Crippen molar-refractivity contribution in [3.8, 4) is 0 Å². The number of amides is 1. The van der Waals surface area contributed by atoms with Crippen LogP contribution in [-0.2, 0) is 61.8 Å². The summed E-state index contributed by atoms with van der Waals surface area (Å²) in [5.41, 5.74) is 8.22. The van der Waals surface area contributed by atoms with Crippen LogP contribution >= 0.6 is 0 Å². The van der Waals surface area contributed by atoms with Gasteiger partial charge in [0.2, 0.25) is 11.6 Å². The van der Waals surface area contributed by atoms with Crippen molar-refractivity contribution in [1.82, 2.24) is 10.2 Å². The molecular formula is C60H101N3O18. The lowest BCUT2D eigenvalue weighted by molar-refractivity contribution is -0.268. The lowest BCUT2D eigenvalue weighted by atomic mass is 9.80. The van der Waals surface area contributed by atoms with Crippen molar-refractivity contribution < 1.29 is 87.0 Å². The predicted molar refractivity (Wildman–Crippen MR) is 303 cm³/mol. The number of carbonyl (C=O) groups is 4. The fourth-order valence-electron chi connectivity index (χ4n) is 11.1. The van der Waals surface area contributed by atoms with E-state index in [1.54, 1.807) is 60.0 Å². The average Bonchev–Trinajstić information content (AvgIpc) is 3.45. The molecule has 7 N–H and O–H groups in total. The lowest BCUT2D eigenvalue weighted by Crippen LogP contribution is -2.55. The highest BCUT2D eigenvalue weighted by atomic mass is 16.6. The minimum absolute atomic E-state index is 0.0348. The molecule has 21 heteroatoms. The number of aliphatic hydroxyl groups excluding tert-OH is 3. The second-order valence-corrected chi connectivity index (χ2v) is 22.8. The number of cyclic esters (lactones) is 1. The molecule has 2 saturated heterocycles. The van der Waals surface area contributed by atoms with E-state index in [-0.39, 0.29) is 49.8 Å². The molecule has 3 fully saturated rings. The van der Waals surface area contributed by atoms with Crippen LogP contribution < -0.4 is 11.1 Å². The maximum atomic E-state index is 14.4. The predicted octanol–water partition coefficient (Wildman–Crippen LogP) is 4.89. The van der Waals surface area contributed by atoms with Gasteiger partial charge in [0.1, 0.15) is 43.8 Å². The summed E-state index contributed by atoms with van der Waals surface area (Å²) < 4.78 is 57.3. The van der Waals surface area contributed by atoms with Gasteiger partial charge in [0.25, 0.3) is 0 Å². The van der Waals surface area contributed by atoms with Gasteiger partial charge < -0.3 is 78.8 Å². The Bertz CT molecular complexity index is 2010. The van der Waals surface area contributed by atoms with Crippen molar-refractivity contribution >= 4 is 23.6 Å². The Balaban J connectivity index is 1.48. The van der Waals surface area contributed by atoms with Gasteiger partial charge in [0.05, 0.1) is 70.7 Å². The number of allylic oxidation sites excluding steroid dienone is 5. The Morgan fingerprint density at radius 2 is 1.51 bits per heavy atom. The number of Topliss-reactive ketones (excluding diaryl/α,β-unsaturated/α-hetero) is 2. The molecule has 0 radical (unpaired) electrons. The number of carbonyl (C=O) groups excluding carboxylic acids is 4. The number of nitrogens with zero attached hydrogens (tertiary/aromatic N) is 1. The molecule has 4 rings (SSSR count). The molecule has 464 valence electrons. The number of nitrogens with two attached hydrogens (primary N) is 1. The summed E-state index contributed by atoms with van der Waals surface area (Å²) in [4.78, 5) is 56.4. The molecule has 3 heterocycles.